The van der Waals surface area contributed by atoms with Gasteiger partial charge in [0.2, 0.25) is 5.91 Å². The van der Waals surface area contributed by atoms with Crippen molar-refractivity contribution in [2.24, 2.45) is 11.7 Å². The molecule has 106 valence electrons. The summed E-state index contributed by atoms with van der Waals surface area (Å²) in [6.07, 6.45) is 0. The van der Waals surface area contributed by atoms with Crippen LogP contribution in [0.3, 0.4) is 0 Å². The highest BCUT2D eigenvalue weighted by atomic mass is 35.5. The minimum absolute atomic E-state index is 0.284. The van der Waals surface area contributed by atoms with Gasteiger partial charge >= 0.3 is 6.03 Å². The van der Waals surface area contributed by atoms with E-state index >= 15 is 0 Å². The third kappa shape index (κ3) is 2.34. The third-order valence-electron chi connectivity index (χ3n) is 3.04. The van der Waals surface area contributed by atoms with Crippen LogP contribution in [0.4, 0.5) is 10.5 Å². The van der Waals surface area contributed by atoms with E-state index in [0.717, 1.165) is 4.90 Å². The summed E-state index contributed by atoms with van der Waals surface area (Å²) in [5, 5.41) is 3.01. The van der Waals surface area contributed by atoms with E-state index in [-0.39, 0.29) is 11.8 Å². The number of imide groups is 1. The molecule has 1 aliphatic rings. The number of primary amides is 1. The Bertz CT molecular complexity index is 601. The first-order valence-electron chi connectivity index (χ1n) is 6.06. The molecule has 0 saturated carbocycles. The van der Waals surface area contributed by atoms with Crippen LogP contribution in [0.5, 0.6) is 0 Å². The lowest BCUT2D eigenvalue weighted by atomic mass is 10.1. The van der Waals surface area contributed by atoms with Gasteiger partial charge in [-0.2, -0.15) is 0 Å². The molecule has 7 heteroatoms. The maximum Gasteiger partial charge on any atom is 0.326 e. The van der Waals surface area contributed by atoms with E-state index in [1.807, 2.05) is 0 Å². The van der Waals surface area contributed by atoms with E-state index in [1.165, 1.54) is 6.07 Å². The molecule has 1 unspecified atom stereocenters. The highest BCUT2D eigenvalue weighted by Crippen LogP contribution is 2.37. The SMILES string of the molecule is CC(C)C(=O)NC1C(=O)N(C(N)=O)c2ccc(Cl)cc21. The fraction of sp³-hybridized carbons (Fsp3) is 0.308. The smallest absolute Gasteiger partial charge is 0.326 e. The monoisotopic (exact) mass is 295 g/mol. The summed E-state index contributed by atoms with van der Waals surface area (Å²) in [4.78, 5) is 36.3. The van der Waals surface area contributed by atoms with Crippen molar-refractivity contribution in [1.82, 2.24) is 5.32 Å². The molecule has 0 bridgehead atoms. The van der Waals surface area contributed by atoms with Crippen LogP contribution >= 0.6 is 11.6 Å². The molecular weight excluding hydrogens is 282 g/mol. The number of nitrogens with one attached hydrogen (secondary N) is 1. The Morgan fingerprint density at radius 1 is 1.40 bits per heavy atom. The lowest BCUT2D eigenvalue weighted by Crippen LogP contribution is -2.43. The van der Waals surface area contributed by atoms with Gasteiger partial charge in [0.25, 0.3) is 5.91 Å². The van der Waals surface area contributed by atoms with Gasteiger partial charge in [-0.05, 0) is 18.2 Å². The van der Waals surface area contributed by atoms with Crippen LogP contribution in [-0.4, -0.2) is 17.8 Å². The molecule has 3 N–H and O–H groups in total. The average molecular weight is 296 g/mol. The Hall–Kier alpha value is -2.08. The predicted octanol–water partition coefficient (Wildman–Crippen LogP) is 1.58. The molecule has 0 radical (unpaired) electrons. The van der Waals surface area contributed by atoms with Gasteiger partial charge < -0.3 is 11.1 Å². The predicted molar refractivity (Wildman–Crippen MR) is 74.2 cm³/mol. The Morgan fingerprint density at radius 3 is 2.60 bits per heavy atom. The van der Waals surface area contributed by atoms with Gasteiger partial charge in [-0.3, -0.25) is 9.59 Å². The highest BCUT2D eigenvalue weighted by Gasteiger charge is 2.41. The van der Waals surface area contributed by atoms with Gasteiger partial charge in [0.05, 0.1) is 5.69 Å². The van der Waals surface area contributed by atoms with Crippen LogP contribution in [0, 0.1) is 5.92 Å². The van der Waals surface area contributed by atoms with Crippen molar-refractivity contribution in [3.8, 4) is 0 Å². The number of nitrogens with two attached hydrogens (primary N) is 1. The number of nitrogens with zero attached hydrogens (tertiary/aromatic N) is 1. The molecule has 0 spiro atoms. The number of carbonyl (C=O) groups excluding carboxylic acids is 3. The largest absolute Gasteiger partial charge is 0.351 e. The molecule has 1 aromatic carbocycles. The number of rotatable bonds is 2. The lowest BCUT2D eigenvalue weighted by Gasteiger charge is -2.15. The number of fused-ring (bicyclic) bond motifs is 1. The fourth-order valence-electron chi connectivity index (χ4n) is 2.02. The summed E-state index contributed by atoms with van der Waals surface area (Å²) in [7, 11) is 0. The Labute approximate surface area is 120 Å². The van der Waals surface area contributed by atoms with Crippen LogP contribution in [0.15, 0.2) is 18.2 Å². The average Bonchev–Trinajstić information content (AvgIpc) is 2.62. The summed E-state index contributed by atoms with van der Waals surface area (Å²) in [6, 6.07) is 2.80. The molecule has 0 aromatic heterocycles. The van der Waals surface area contributed by atoms with Gasteiger partial charge in [-0.25, -0.2) is 9.69 Å². The molecule has 0 fully saturated rings. The summed E-state index contributed by atoms with van der Waals surface area (Å²) >= 11 is 5.90. The Kier molecular flexibility index (Phi) is 3.67. The second-order valence-corrected chi connectivity index (χ2v) is 5.25. The van der Waals surface area contributed by atoms with E-state index in [4.69, 9.17) is 17.3 Å². The molecule has 1 aliphatic heterocycles. The standard InChI is InChI=1S/C13H14ClN3O3/c1-6(2)11(18)16-10-8-5-7(14)3-4-9(8)17(12(10)19)13(15)20/h3-6,10H,1-2H3,(H2,15,20)(H,16,18). The molecule has 1 aromatic rings. The second kappa shape index (κ2) is 5.13. The number of hydrogen-bond acceptors (Lipinski definition) is 3. The van der Waals surface area contributed by atoms with Crippen molar-refractivity contribution in [2.75, 3.05) is 4.90 Å². The molecule has 1 heterocycles. The third-order valence-corrected chi connectivity index (χ3v) is 3.28. The molecule has 20 heavy (non-hydrogen) atoms. The van der Waals surface area contributed by atoms with Crippen LogP contribution in [0.25, 0.3) is 0 Å². The van der Waals surface area contributed by atoms with E-state index < -0.39 is 18.0 Å². The van der Waals surface area contributed by atoms with Gasteiger partial charge in [-0.1, -0.05) is 25.4 Å². The number of hydrogen-bond donors (Lipinski definition) is 2. The van der Waals surface area contributed by atoms with E-state index in [2.05, 4.69) is 5.32 Å². The van der Waals surface area contributed by atoms with Crippen molar-refractivity contribution >= 4 is 35.1 Å². The van der Waals surface area contributed by atoms with Gasteiger partial charge in [0.15, 0.2) is 0 Å². The maximum absolute atomic E-state index is 12.2. The molecule has 4 amide bonds. The fourth-order valence-corrected chi connectivity index (χ4v) is 2.20. The van der Waals surface area contributed by atoms with E-state index in [1.54, 1.807) is 26.0 Å². The van der Waals surface area contributed by atoms with Crippen LogP contribution in [0.1, 0.15) is 25.5 Å². The quantitative estimate of drug-likeness (QED) is 0.867. The first-order valence-corrected chi connectivity index (χ1v) is 6.44. The lowest BCUT2D eigenvalue weighted by molar-refractivity contribution is -0.128. The normalized spacial score (nSPS) is 17.3. The number of urea groups is 1. The minimum atomic E-state index is -0.939. The van der Waals surface area contributed by atoms with Crippen LogP contribution < -0.4 is 16.0 Å². The summed E-state index contributed by atoms with van der Waals surface area (Å²) < 4.78 is 0. The Morgan fingerprint density at radius 2 is 2.05 bits per heavy atom. The number of carbonyl (C=O) groups is 3. The molecular formula is C13H14ClN3O3. The van der Waals surface area contributed by atoms with Crippen molar-refractivity contribution in [1.29, 1.82) is 0 Å². The van der Waals surface area contributed by atoms with Crippen molar-refractivity contribution in [2.45, 2.75) is 19.9 Å². The Balaban J connectivity index is 2.44. The summed E-state index contributed by atoms with van der Waals surface area (Å²) in [5.74, 6) is -1.16. The van der Waals surface area contributed by atoms with Crippen LogP contribution in [0.2, 0.25) is 5.02 Å². The van der Waals surface area contributed by atoms with E-state index in [9.17, 15) is 14.4 Å². The second-order valence-electron chi connectivity index (χ2n) is 4.81. The zero-order valence-electron chi connectivity index (χ0n) is 11.0. The molecule has 6 nitrogen and oxygen atoms in total. The van der Waals surface area contributed by atoms with Crippen LogP contribution in [-0.2, 0) is 9.59 Å². The molecule has 1 atom stereocenters. The van der Waals surface area contributed by atoms with Gasteiger partial charge in [-0.15, -0.1) is 0 Å². The zero-order chi connectivity index (χ0) is 15.0. The minimum Gasteiger partial charge on any atom is -0.351 e. The van der Waals surface area contributed by atoms with Crippen molar-refractivity contribution in [3.63, 3.8) is 0 Å². The summed E-state index contributed by atoms with van der Waals surface area (Å²) in [5.41, 5.74) is 6.03. The molecule has 2 rings (SSSR count). The van der Waals surface area contributed by atoms with Crippen molar-refractivity contribution < 1.29 is 14.4 Å². The topological polar surface area (TPSA) is 92.5 Å². The molecule has 0 saturated heterocycles. The number of benzene rings is 1. The first-order chi connectivity index (χ1) is 9.32. The molecule has 0 aliphatic carbocycles. The first kappa shape index (κ1) is 14.3. The van der Waals surface area contributed by atoms with Gasteiger partial charge in [0.1, 0.15) is 6.04 Å². The number of halogens is 1. The number of anilines is 1. The zero-order valence-corrected chi connectivity index (χ0v) is 11.8. The highest BCUT2D eigenvalue weighted by molar-refractivity contribution is 6.31. The van der Waals surface area contributed by atoms with Crippen molar-refractivity contribution in [3.05, 3.63) is 28.8 Å². The maximum atomic E-state index is 12.2. The van der Waals surface area contributed by atoms with Gasteiger partial charge in [0, 0.05) is 16.5 Å². The van der Waals surface area contributed by atoms with E-state index in [0.29, 0.717) is 16.3 Å². The summed E-state index contributed by atoms with van der Waals surface area (Å²) in [6.45, 7) is 3.42. The number of amides is 4.